The Morgan fingerprint density at radius 2 is 2.08 bits per heavy atom. The van der Waals surface area contributed by atoms with Gasteiger partial charge in [0.25, 0.3) is 5.56 Å². The zero-order valence-corrected chi connectivity index (χ0v) is 15.0. The third-order valence-electron chi connectivity index (χ3n) is 4.40. The molecule has 0 aliphatic rings. The number of hydrogen-bond donors (Lipinski definition) is 1. The lowest BCUT2D eigenvalue weighted by Crippen LogP contribution is -2.27. The number of amides is 1. The molecule has 0 aliphatic heterocycles. The van der Waals surface area contributed by atoms with Crippen molar-refractivity contribution in [2.24, 2.45) is 0 Å². The fourth-order valence-corrected chi connectivity index (χ4v) is 2.78. The SMILES string of the molecule is COc1ccccc1CNC(=O)CCn1cnc2oc(C)c(C)c2c1=O. The Morgan fingerprint density at radius 1 is 1.31 bits per heavy atom. The quantitative estimate of drug-likeness (QED) is 0.733. The molecule has 3 aromatic rings. The second-order valence-corrected chi connectivity index (χ2v) is 6.05. The van der Waals surface area contributed by atoms with Gasteiger partial charge in [0.1, 0.15) is 23.2 Å². The number of ether oxygens (including phenoxy) is 1. The minimum absolute atomic E-state index is 0.150. The second kappa shape index (κ2) is 7.43. The number of nitrogens with zero attached hydrogens (tertiary/aromatic N) is 2. The summed E-state index contributed by atoms with van der Waals surface area (Å²) in [5.74, 6) is 1.25. The molecule has 2 heterocycles. The van der Waals surface area contributed by atoms with E-state index in [4.69, 9.17) is 9.15 Å². The van der Waals surface area contributed by atoms with Crippen LogP contribution in [0, 0.1) is 13.8 Å². The van der Waals surface area contributed by atoms with Crippen LogP contribution < -0.4 is 15.6 Å². The van der Waals surface area contributed by atoms with Crippen molar-refractivity contribution in [1.82, 2.24) is 14.9 Å². The Labute approximate surface area is 150 Å². The van der Waals surface area contributed by atoms with Crippen molar-refractivity contribution in [2.45, 2.75) is 33.4 Å². The lowest BCUT2D eigenvalue weighted by molar-refractivity contribution is -0.121. The Balaban J connectivity index is 1.65. The number of benzene rings is 1. The average molecular weight is 355 g/mol. The molecule has 1 N–H and O–H groups in total. The third-order valence-corrected chi connectivity index (χ3v) is 4.40. The minimum atomic E-state index is -0.193. The van der Waals surface area contributed by atoms with Crippen LogP contribution in [-0.2, 0) is 17.9 Å². The van der Waals surface area contributed by atoms with Crippen LogP contribution >= 0.6 is 0 Å². The van der Waals surface area contributed by atoms with E-state index in [1.54, 1.807) is 14.0 Å². The maximum absolute atomic E-state index is 12.6. The summed E-state index contributed by atoms with van der Waals surface area (Å²) in [5.41, 5.74) is 1.82. The summed E-state index contributed by atoms with van der Waals surface area (Å²) in [6.07, 6.45) is 1.60. The summed E-state index contributed by atoms with van der Waals surface area (Å²) in [7, 11) is 1.59. The Morgan fingerprint density at radius 3 is 2.85 bits per heavy atom. The third kappa shape index (κ3) is 3.46. The molecule has 7 nitrogen and oxygen atoms in total. The maximum Gasteiger partial charge on any atom is 0.264 e. The second-order valence-electron chi connectivity index (χ2n) is 6.05. The standard InChI is InChI=1S/C19H21N3O4/c1-12-13(2)26-18-17(12)19(24)22(11-21-18)9-8-16(23)20-10-14-6-4-5-7-15(14)25-3/h4-7,11H,8-10H2,1-3H3,(H,20,23). The highest BCUT2D eigenvalue weighted by molar-refractivity contribution is 5.78. The van der Waals surface area contributed by atoms with Crippen molar-refractivity contribution in [2.75, 3.05) is 7.11 Å². The van der Waals surface area contributed by atoms with Gasteiger partial charge in [-0.15, -0.1) is 0 Å². The van der Waals surface area contributed by atoms with E-state index in [1.807, 2.05) is 31.2 Å². The number of carbonyl (C=O) groups excluding carboxylic acids is 1. The molecule has 0 spiro atoms. The number of fused-ring (bicyclic) bond motifs is 1. The molecule has 3 rings (SSSR count). The van der Waals surface area contributed by atoms with Crippen molar-refractivity contribution >= 4 is 17.0 Å². The fraction of sp³-hybridized carbons (Fsp3) is 0.316. The van der Waals surface area contributed by atoms with E-state index in [0.29, 0.717) is 23.4 Å². The molecule has 0 unspecified atom stereocenters. The van der Waals surface area contributed by atoms with E-state index >= 15 is 0 Å². The topological polar surface area (TPSA) is 86.4 Å². The first kappa shape index (κ1) is 17.7. The van der Waals surface area contributed by atoms with Crippen molar-refractivity contribution in [1.29, 1.82) is 0 Å². The van der Waals surface area contributed by atoms with Gasteiger partial charge >= 0.3 is 0 Å². The van der Waals surface area contributed by atoms with E-state index in [-0.39, 0.29) is 24.4 Å². The lowest BCUT2D eigenvalue weighted by Gasteiger charge is -2.10. The Bertz CT molecular complexity index is 1000. The fourth-order valence-electron chi connectivity index (χ4n) is 2.78. The molecule has 0 radical (unpaired) electrons. The number of aryl methyl sites for hydroxylation is 3. The average Bonchev–Trinajstić information content (AvgIpc) is 2.94. The molecule has 26 heavy (non-hydrogen) atoms. The first-order valence-corrected chi connectivity index (χ1v) is 8.35. The monoisotopic (exact) mass is 355 g/mol. The highest BCUT2D eigenvalue weighted by atomic mass is 16.5. The number of nitrogens with one attached hydrogen (secondary N) is 1. The van der Waals surface area contributed by atoms with E-state index in [2.05, 4.69) is 10.3 Å². The van der Waals surface area contributed by atoms with Gasteiger partial charge in [0, 0.05) is 30.6 Å². The highest BCUT2D eigenvalue weighted by Crippen LogP contribution is 2.19. The van der Waals surface area contributed by atoms with Crippen molar-refractivity contribution in [3.63, 3.8) is 0 Å². The van der Waals surface area contributed by atoms with Gasteiger partial charge in [-0.2, -0.15) is 0 Å². The number of hydrogen-bond acceptors (Lipinski definition) is 5. The maximum atomic E-state index is 12.6. The molecule has 0 saturated carbocycles. The number of rotatable bonds is 6. The van der Waals surface area contributed by atoms with Crippen LogP contribution in [0.2, 0.25) is 0 Å². The normalized spacial score (nSPS) is 10.9. The van der Waals surface area contributed by atoms with E-state index in [1.165, 1.54) is 10.9 Å². The predicted octanol–water partition coefficient (Wildman–Crippen LogP) is 2.32. The molecule has 0 atom stereocenters. The van der Waals surface area contributed by atoms with E-state index in [9.17, 15) is 9.59 Å². The number of aromatic nitrogens is 2. The first-order valence-electron chi connectivity index (χ1n) is 8.35. The minimum Gasteiger partial charge on any atom is -0.496 e. The van der Waals surface area contributed by atoms with Crippen LogP contribution in [0.1, 0.15) is 23.3 Å². The van der Waals surface area contributed by atoms with E-state index in [0.717, 1.165) is 16.9 Å². The molecular formula is C19H21N3O4. The van der Waals surface area contributed by atoms with Gasteiger partial charge in [-0.25, -0.2) is 4.98 Å². The van der Waals surface area contributed by atoms with Gasteiger partial charge in [-0.3, -0.25) is 14.2 Å². The van der Waals surface area contributed by atoms with E-state index < -0.39 is 0 Å². The van der Waals surface area contributed by atoms with Crippen LogP contribution in [0.4, 0.5) is 0 Å². The van der Waals surface area contributed by atoms with Crippen LogP contribution in [0.15, 0.2) is 39.8 Å². The molecule has 1 amide bonds. The van der Waals surface area contributed by atoms with Crippen LogP contribution in [0.25, 0.3) is 11.1 Å². The van der Waals surface area contributed by atoms with Crippen LogP contribution in [0.3, 0.4) is 0 Å². The summed E-state index contributed by atoms with van der Waals surface area (Å²) in [4.78, 5) is 28.8. The molecule has 136 valence electrons. The lowest BCUT2D eigenvalue weighted by atomic mass is 10.2. The van der Waals surface area contributed by atoms with Crippen molar-refractivity contribution in [3.8, 4) is 5.75 Å². The molecule has 1 aromatic carbocycles. The zero-order valence-electron chi connectivity index (χ0n) is 15.0. The molecule has 7 heteroatoms. The summed E-state index contributed by atoms with van der Waals surface area (Å²) in [6, 6.07) is 7.50. The van der Waals surface area contributed by atoms with Crippen molar-refractivity contribution in [3.05, 3.63) is 57.8 Å². The highest BCUT2D eigenvalue weighted by Gasteiger charge is 2.14. The Kier molecular flexibility index (Phi) is 5.06. The van der Waals surface area contributed by atoms with Crippen LogP contribution in [-0.4, -0.2) is 22.6 Å². The number of para-hydroxylation sites is 1. The Hall–Kier alpha value is -3.09. The summed E-state index contributed by atoms with van der Waals surface area (Å²) >= 11 is 0. The first-order chi connectivity index (χ1) is 12.5. The molecule has 2 aromatic heterocycles. The van der Waals surface area contributed by atoms with Gasteiger partial charge in [0.05, 0.1) is 7.11 Å². The largest absolute Gasteiger partial charge is 0.496 e. The van der Waals surface area contributed by atoms with Gasteiger partial charge in [-0.05, 0) is 19.9 Å². The van der Waals surface area contributed by atoms with Crippen LogP contribution in [0.5, 0.6) is 5.75 Å². The molecular weight excluding hydrogens is 334 g/mol. The predicted molar refractivity (Wildman–Crippen MR) is 97.2 cm³/mol. The molecule has 0 saturated heterocycles. The van der Waals surface area contributed by atoms with Gasteiger partial charge in [0.15, 0.2) is 0 Å². The molecule has 0 bridgehead atoms. The summed E-state index contributed by atoms with van der Waals surface area (Å²) in [5, 5.41) is 3.31. The smallest absolute Gasteiger partial charge is 0.264 e. The number of carbonyl (C=O) groups is 1. The number of furan rings is 1. The van der Waals surface area contributed by atoms with Gasteiger partial charge in [-0.1, -0.05) is 18.2 Å². The number of methoxy groups -OCH3 is 1. The van der Waals surface area contributed by atoms with Crippen molar-refractivity contribution < 1.29 is 13.9 Å². The molecule has 0 aliphatic carbocycles. The van der Waals surface area contributed by atoms with Gasteiger partial charge < -0.3 is 14.5 Å². The van der Waals surface area contributed by atoms with Gasteiger partial charge in [0.2, 0.25) is 11.6 Å². The summed E-state index contributed by atoms with van der Waals surface area (Å²) < 4.78 is 12.2. The molecule has 0 fully saturated rings. The zero-order chi connectivity index (χ0) is 18.7. The summed E-state index contributed by atoms with van der Waals surface area (Å²) in [6.45, 7) is 4.25.